The average Bonchev–Trinajstić information content (AvgIpc) is 3.22. The highest BCUT2D eigenvalue weighted by molar-refractivity contribution is 7.99. The molecule has 0 unspecified atom stereocenters. The normalized spacial score (nSPS) is 14.7. The molecule has 1 aliphatic rings. The summed E-state index contributed by atoms with van der Waals surface area (Å²) in [5, 5.41) is 1.03. The predicted molar refractivity (Wildman–Crippen MR) is 146 cm³/mol. The molecule has 2 heterocycles. The second-order valence-corrected chi connectivity index (χ2v) is 13.2. The molecule has 1 aromatic heterocycles. The van der Waals surface area contributed by atoms with Crippen molar-refractivity contribution in [1.29, 1.82) is 0 Å². The first-order chi connectivity index (χ1) is 16.2. The molecular weight excluding hydrogens is 526 g/mol. The van der Waals surface area contributed by atoms with E-state index in [0.29, 0.717) is 47.8 Å². The molecule has 1 saturated heterocycles. The Kier molecular flexibility index (Phi) is 9.59. The van der Waals surface area contributed by atoms with Crippen LogP contribution in [0.5, 0.6) is 0 Å². The summed E-state index contributed by atoms with van der Waals surface area (Å²) in [6.07, 6.45) is 1.19. The van der Waals surface area contributed by atoms with Gasteiger partial charge in [-0.15, -0.1) is 24.2 Å². The highest BCUT2D eigenvalue weighted by Gasteiger charge is 2.23. The first-order valence-corrected chi connectivity index (χ1v) is 14.8. The predicted octanol–water partition coefficient (Wildman–Crippen LogP) is 4.60. The number of halogens is 1. The minimum absolute atomic E-state index is 0. The van der Waals surface area contributed by atoms with Crippen molar-refractivity contribution >= 4 is 66.6 Å². The molecule has 190 valence electrons. The van der Waals surface area contributed by atoms with Crippen molar-refractivity contribution in [3.8, 4) is 0 Å². The van der Waals surface area contributed by atoms with Gasteiger partial charge in [0.2, 0.25) is 0 Å². The van der Waals surface area contributed by atoms with Crippen LogP contribution in [0, 0.1) is 0 Å². The van der Waals surface area contributed by atoms with Crippen LogP contribution >= 0.6 is 35.5 Å². The number of anilines is 1. The van der Waals surface area contributed by atoms with E-state index < -0.39 is 9.84 Å². The van der Waals surface area contributed by atoms with E-state index in [-0.39, 0.29) is 23.2 Å². The average molecular weight is 556 g/mol. The van der Waals surface area contributed by atoms with Gasteiger partial charge in [0, 0.05) is 48.1 Å². The summed E-state index contributed by atoms with van der Waals surface area (Å²) in [6, 6.07) is 12.6. The molecule has 3 aromatic rings. The van der Waals surface area contributed by atoms with Gasteiger partial charge in [0.15, 0.2) is 15.0 Å². The van der Waals surface area contributed by atoms with Gasteiger partial charge in [-0.2, -0.15) is 0 Å². The van der Waals surface area contributed by atoms with Crippen LogP contribution in [0.25, 0.3) is 10.2 Å². The fourth-order valence-electron chi connectivity index (χ4n) is 3.69. The largest absolute Gasteiger partial charge is 0.379 e. The third-order valence-electron chi connectivity index (χ3n) is 5.47. The Hall–Kier alpha value is -1.69. The molecule has 0 atom stereocenters. The van der Waals surface area contributed by atoms with Gasteiger partial charge in [-0.1, -0.05) is 25.2 Å². The van der Waals surface area contributed by atoms with Gasteiger partial charge in [-0.05, 0) is 42.5 Å². The lowest BCUT2D eigenvalue weighted by Crippen LogP contribution is -2.43. The van der Waals surface area contributed by atoms with Crippen molar-refractivity contribution < 1.29 is 17.9 Å². The number of hydrogen-bond acceptors (Lipinski definition) is 8. The molecule has 0 saturated carbocycles. The smallest absolute Gasteiger partial charge is 0.260 e. The Morgan fingerprint density at radius 2 is 1.86 bits per heavy atom. The maximum Gasteiger partial charge on any atom is 0.260 e. The van der Waals surface area contributed by atoms with Gasteiger partial charge in [0.25, 0.3) is 5.91 Å². The monoisotopic (exact) mass is 555 g/mol. The van der Waals surface area contributed by atoms with Crippen LogP contribution in [0.2, 0.25) is 0 Å². The summed E-state index contributed by atoms with van der Waals surface area (Å²) in [7, 11) is -3.32. The minimum atomic E-state index is -3.32. The van der Waals surface area contributed by atoms with E-state index in [2.05, 4.69) is 23.7 Å². The van der Waals surface area contributed by atoms with Crippen molar-refractivity contribution in [2.45, 2.75) is 28.9 Å². The third kappa shape index (κ3) is 7.18. The molecule has 0 aliphatic carbocycles. The van der Waals surface area contributed by atoms with E-state index in [9.17, 15) is 13.2 Å². The SMILES string of the molecule is CC(C)Sc1ccc(C(=O)N(CCN2CCOCC2)c2nc3ccc(S(C)(=O)=O)cc3s2)cc1.Cl. The number of carbonyl (C=O) groups is 1. The molecule has 1 amide bonds. The van der Waals surface area contributed by atoms with Crippen molar-refractivity contribution in [2.24, 2.45) is 0 Å². The minimum Gasteiger partial charge on any atom is -0.379 e. The van der Waals surface area contributed by atoms with Gasteiger partial charge in [-0.3, -0.25) is 14.6 Å². The van der Waals surface area contributed by atoms with Gasteiger partial charge in [-0.25, -0.2) is 13.4 Å². The molecule has 1 aliphatic heterocycles. The number of hydrogen-bond donors (Lipinski definition) is 0. The summed E-state index contributed by atoms with van der Waals surface area (Å²) >= 11 is 3.10. The summed E-state index contributed by atoms with van der Waals surface area (Å²) in [5.74, 6) is -0.114. The molecular formula is C24H30ClN3O4S3. The zero-order chi connectivity index (χ0) is 24.3. The molecule has 11 heteroatoms. The molecule has 2 aromatic carbocycles. The highest BCUT2D eigenvalue weighted by atomic mass is 35.5. The lowest BCUT2D eigenvalue weighted by Gasteiger charge is -2.29. The second-order valence-electron chi connectivity index (χ2n) is 8.50. The summed E-state index contributed by atoms with van der Waals surface area (Å²) in [6.45, 7) is 8.53. The fraction of sp³-hybridized carbons (Fsp3) is 0.417. The Morgan fingerprint density at radius 1 is 1.17 bits per heavy atom. The van der Waals surface area contributed by atoms with E-state index in [0.717, 1.165) is 22.7 Å². The molecule has 0 N–H and O–H groups in total. The summed E-state index contributed by atoms with van der Waals surface area (Å²) < 4.78 is 30.2. The number of rotatable bonds is 8. The number of benzene rings is 2. The Morgan fingerprint density at radius 3 is 2.49 bits per heavy atom. The molecule has 35 heavy (non-hydrogen) atoms. The zero-order valence-electron chi connectivity index (χ0n) is 20.0. The summed E-state index contributed by atoms with van der Waals surface area (Å²) in [4.78, 5) is 23.7. The van der Waals surface area contributed by atoms with E-state index in [1.807, 2.05) is 24.3 Å². The number of carbonyl (C=O) groups excluding carboxylic acids is 1. The first-order valence-electron chi connectivity index (χ1n) is 11.2. The number of thioether (sulfide) groups is 1. The molecule has 4 rings (SSSR count). The molecule has 1 fully saturated rings. The van der Waals surface area contributed by atoms with Gasteiger partial charge < -0.3 is 4.74 Å². The lowest BCUT2D eigenvalue weighted by molar-refractivity contribution is 0.0391. The molecule has 7 nitrogen and oxygen atoms in total. The number of morpholine rings is 1. The van der Waals surface area contributed by atoms with Crippen molar-refractivity contribution in [3.05, 3.63) is 48.0 Å². The van der Waals surface area contributed by atoms with Gasteiger partial charge >= 0.3 is 0 Å². The quantitative estimate of drug-likeness (QED) is 0.376. The molecule has 0 bridgehead atoms. The topological polar surface area (TPSA) is 79.8 Å². The highest BCUT2D eigenvalue weighted by Crippen LogP contribution is 2.32. The maximum absolute atomic E-state index is 13.6. The Bertz CT molecular complexity index is 1260. The lowest BCUT2D eigenvalue weighted by atomic mass is 10.2. The fourth-order valence-corrected chi connectivity index (χ4v) is 6.28. The van der Waals surface area contributed by atoms with Crippen LogP contribution < -0.4 is 4.90 Å². The van der Waals surface area contributed by atoms with Crippen molar-refractivity contribution in [2.75, 3.05) is 50.5 Å². The van der Waals surface area contributed by atoms with Gasteiger partial charge in [0.05, 0.1) is 28.3 Å². The van der Waals surface area contributed by atoms with Crippen molar-refractivity contribution in [1.82, 2.24) is 9.88 Å². The Labute approximate surface area is 221 Å². The van der Waals surface area contributed by atoms with E-state index in [1.165, 1.54) is 17.6 Å². The number of thiazole rings is 1. The molecule has 0 spiro atoms. The number of aromatic nitrogens is 1. The van der Waals surface area contributed by atoms with Crippen LogP contribution in [-0.4, -0.2) is 75.1 Å². The van der Waals surface area contributed by atoms with Crippen molar-refractivity contribution in [3.63, 3.8) is 0 Å². The van der Waals surface area contributed by atoms with E-state index in [4.69, 9.17) is 4.74 Å². The number of fused-ring (bicyclic) bond motifs is 1. The van der Waals surface area contributed by atoms with Crippen LogP contribution in [0.3, 0.4) is 0 Å². The number of ether oxygens (including phenoxy) is 1. The van der Waals surface area contributed by atoms with Crippen LogP contribution in [-0.2, 0) is 14.6 Å². The third-order valence-corrected chi connectivity index (χ3v) is 8.64. The summed E-state index contributed by atoms with van der Waals surface area (Å²) in [5.41, 5.74) is 1.28. The molecule has 0 radical (unpaired) electrons. The number of amides is 1. The van der Waals surface area contributed by atoms with Gasteiger partial charge in [0.1, 0.15) is 0 Å². The van der Waals surface area contributed by atoms with E-state index in [1.54, 1.807) is 34.9 Å². The number of nitrogens with zero attached hydrogens (tertiary/aromatic N) is 3. The number of sulfone groups is 1. The van der Waals surface area contributed by atoms with Crippen LogP contribution in [0.1, 0.15) is 24.2 Å². The standard InChI is InChI=1S/C24H29N3O4S3.ClH/c1-17(2)32-19-6-4-18(5-7-19)23(28)27(11-10-26-12-14-31-15-13-26)24-25-21-9-8-20(34(3,29)30)16-22(21)33-24;/h4-9,16-17H,10-15H2,1-3H3;1H. The first kappa shape index (κ1) is 27.9. The Balaban J connectivity index is 0.00000342. The van der Waals surface area contributed by atoms with Crippen LogP contribution in [0.15, 0.2) is 52.3 Å². The maximum atomic E-state index is 13.6. The second kappa shape index (κ2) is 12.0. The van der Waals surface area contributed by atoms with Crippen LogP contribution in [0.4, 0.5) is 5.13 Å². The zero-order valence-corrected chi connectivity index (χ0v) is 23.2. The van der Waals surface area contributed by atoms with E-state index >= 15 is 0 Å².